The molecule has 1 amide bonds. The molecule has 1 aromatic rings. The highest BCUT2D eigenvalue weighted by molar-refractivity contribution is 7.92. The maximum absolute atomic E-state index is 12.3. The van der Waals surface area contributed by atoms with Gasteiger partial charge in [-0.1, -0.05) is 12.1 Å². The molecule has 0 aliphatic rings. The van der Waals surface area contributed by atoms with Crippen molar-refractivity contribution in [2.24, 2.45) is 0 Å². The molecule has 1 aromatic carbocycles. The molecule has 1 rings (SSSR count). The first-order valence-electron chi connectivity index (χ1n) is 7.03. The van der Waals surface area contributed by atoms with Crippen LogP contribution in [0, 0.1) is 13.8 Å². The molecule has 0 aromatic heterocycles. The average molecular weight is 312 g/mol. The number of hydrogen-bond acceptors (Lipinski definition) is 3. The van der Waals surface area contributed by atoms with Crippen LogP contribution in [0.4, 0.5) is 5.69 Å². The number of carbonyl (C=O) groups excluding carboxylic acids is 1. The van der Waals surface area contributed by atoms with Crippen LogP contribution < -0.4 is 4.31 Å². The molecular formula is C15H24N2O3S. The summed E-state index contributed by atoms with van der Waals surface area (Å²) >= 11 is 0. The molecule has 0 unspecified atom stereocenters. The fraction of sp³-hybridized carbons (Fsp3) is 0.533. The molecule has 5 nitrogen and oxygen atoms in total. The van der Waals surface area contributed by atoms with E-state index in [4.69, 9.17) is 0 Å². The van der Waals surface area contributed by atoms with Crippen molar-refractivity contribution < 1.29 is 13.2 Å². The Morgan fingerprint density at radius 2 is 1.71 bits per heavy atom. The van der Waals surface area contributed by atoms with Gasteiger partial charge in [0.1, 0.15) is 6.54 Å². The Hall–Kier alpha value is -1.56. The van der Waals surface area contributed by atoms with Crippen molar-refractivity contribution in [2.75, 3.05) is 30.2 Å². The fourth-order valence-electron chi connectivity index (χ4n) is 2.17. The monoisotopic (exact) mass is 312 g/mol. The van der Waals surface area contributed by atoms with Crippen LogP contribution in [0.15, 0.2) is 18.2 Å². The largest absolute Gasteiger partial charge is 0.342 e. The minimum Gasteiger partial charge on any atom is -0.342 e. The minimum atomic E-state index is -3.52. The second-order valence-electron chi connectivity index (χ2n) is 5.13. The summed E-state index contributed by atoms with van der Waals surface area (Å²) in [6.07, 6.45) is 1.13. The Morgan fingerprint density at radius 1 is 1.14 bits per heavy atom. The number of carbonyl (C=O) groups is 1. The van der Waals surface area contributed by atoms with Gasteiger partial charge in [-0.05, 0) is 44.9 Å². The van der Waals surface area contributed by atoms with Gasteiger partial charge in [-0.25, -0.2) is 8.42 Å². The topological polar surface area (TPSA) is 57.7 Å². The molecule has 0 saturated heterocycles. The summed E-state index contributed by atoms with van der Waals surface area (Å²) in [5.41, 5.74) is 2.36. The number of rotatable bonds is 6. The number of aryl methyl sites for hydroxylation is 2. The second kappa shape index (κ2) is 6.93. The zero-order chi connectivity index (χ0) is 16.2. The predicted molar refractivity (Wildman–Crippen MR) is 86.0 cm³/mol. The van der Waals surface area contributed by atoms with E-state index in [0.29, 0.717) is 18.8 Å². The number of sulfonamides is 1. The minimum absolute atomic E-state index is 0.162. The highest BCUT2D eigenvalue weighted by Crippen LogP contribution is 2.23. The molecule has 0 bridgehead atoms. The van der Waals surface area contributed by atoms with E-state index in [1.807, 2.05) is 39.8 Å². The van der Waals surface area contributed by atoms with Gasteiger partial charge in [-0.2, -0.15) is 0 Å². The van der Waals surface area contributed by atoms with Gasteiger partial charge in [0, 0.05) is 13.1 Å². The van der Waals surface area contributed by atoms with Gasteiger partial charge in [0.15, 0.2) is 0 Å². The van der Waals surface area contributed by atoms with Gasteiger partial charge in [0.25, 0.3) is 0 Å². The predicted octanol–water partition coefficient (Wildman–Crippen LogP) is 1.94. The molecule has 0 aliphatic carbocycles. The third-order valence-electron chi connectivity index (χ3n) is 3.43. The first-order chi connectivity index (χ1) is 9.70. The number of likely N-dealkylation sites (N-methyl/N-ethyl adjacent to an activating group) is 1. The summed E-state index contributed by atoms with van der Waals surface area (Å²) < 4.78 is 25.4. The van der Waals surface area contributed by atoms with Crippen molar-refractivity contribution in [3.8, 4) is 0 Å². The van der Waals surface area contributed by atoms with Crippen LogP contribution in [0.25, 0.3) is 0 Å². The molecule has 0 saturated carbocycles. The van der Waals surface area contributed by atoms with E-state index in [2.05, 4.69) is 0 Å². The zero-order valence-electron chi connectivity index (χ0n) is 13.4. The summed E-state index contributed by atoms with van der Waals surface area (Å²) in [7, 11) is -3.52. The third-order valence-corrected chi connectivity index (χ3v) is 4.56. The van der Waals surface area contributed by atoms with Crippen LogP contribution in [0.2, 0.25) is 0 Å². The molecular weight excluding hydrogens is 288 g/mol. The Bertz CT molecular complexity index is 607. The first kappa shape index (κ1) is 17.5. The molecule has 0 N–H and O–H groups in total. The molecule has 0 heterocycles. The van der Waals surface area contributed by atoms with Crippen LogP contribution in [0.3, 0.4) is 0 Å². The van der Waals surface area contributed by atoms with Gasteiger partial charge in [0.05, 0.1) is 11.9 Å². The van der Waals surface area contributed by atoms with Gasteiger partial charge in [0.2, 0.25) is 15.9 Å². The quantitative estimate of drug-likeness (QED) is 0.806. The van der Waals surface area contributed by atoms with Crippen molar-refractivity contribution in [1.82, 2.24) is 4.90 Å². The summed E-state index contributed by atoms with van der Waals surface area (Å²) in [5.74, 6) is -0.189. The summed E-state index contributed by atoms with van der Waals surface area (Å²) in [4.78, 5) is 13.9. The lowest BCUT2D eigenvalue weighted by Crippen LogP contribution is -2.42. The number of anilines is 1. The number of benzene rings is 1. The normalized spacial score (nSPS) is 11.3. The molecule has 6 heteroatoms. The third kappa shape index (κ3) is 4.46. The molecule has 0 aliphatic heterocycles. The van der Waals surface area contributed by atoms with E-state index in [-0.39, 0.29) is 12.5 Å². The summed E-state index contributed by atoms with van der Waals surface area (Å²) in [5, 5.41) is 0. The Labute approximate surface area is 127 Å². The maximum Gasteiger partial charge on any atom is 0.243 e. The molecule has 0 radical (unpaired) electrons. The van der Waals surface area contributed by atoms with Crippen molar-refractivity contribution in [3.63, 3.8) is 0 Å². The van der Waals surface area contributed by atoms with Crippen LogP contribution >= 0.6 is 0 Å². The van der Waals surface area contributed by atoms with E-state index in [1.54, 1.807) is 11.0 Å². The van der Waals surface area contributed by atoms with E-state index in [1.165, 1.54) is 4.31 Å². The summed E-state index contributed by atoms with van der Waals surface area (Å²) in [6, 6.07) is 5.59. The number of hydrogen-bond donors (Lipinski definition) is 0. The first-order valence-corrected chi connectivity index (χ1v) is 8.88. The number of amides is 1. The van der Waals surface area contributed by atoms with Crippen LogP contribution in [0.5, 0.6) is 0 Å². The Morgan fingerprint density at radius 3 is 2.19 bits per heavy atom. The zero-order valence-corrected chi connectivity index (χ0v) is 14.2. The second-order valence-corrected chi connectivity index (χ2v) is 7.03. The van der Waals surface area contributed by atoms with Gasteiger partial charge in [-0.15, -0.1) is 0 Å². The van der Waals surface area contributed by atoms with E-state index in [0.717, 1.165) is 17.4 Å². The lowest BCUT2D eigenvalue weighted by atomic mass is 10.1. The van der Waals surface area contributed by atoms with Crippen LogP contribution in [0.1, 0.15) is 25.0 Å². The van der Waals surface area contributed by atoms with Gasteiger partial charge in [-0.3, -0.25) is 9.10 Å². The van der Waals surface area contributed by atoms with E-state index in [9.17, 15) is 13.2 Å². The Balaban J connectivity index is 3.20. The standard InChI is InChI=1S/C15H24N2O3S/c1-6-16(7-2)15(18)11-17(21(5,19)20)14-10-12(3)8-9-13(14)4/h8-10H,6-7,11H2,1-5H3. The highest BCUT2D eigenvalue weighted by Gasteiger charge is 2.24. The van der Waals surface area contributed by atoms with E-state index < -0.39 is 10.0 Å². The lowest BCUT2D eigenvalue weighted by molar-refractivity contribution is -0.129. The van der Waals surface area contributed by atoms with Crippen molar-refractivity contribution in [2.45, 2.75) is 27.7 Å². The highest BCUT2D eigenvalue weighted by atomic mass is 32.2. The van der Waals surface area contributed by atoms with Crippen LogP contribution in [-0.4, -0.2) is 45.1 Å². The molecule has 21 heavy (non-hydrogen) atoms. The average Bonchev–Trinajstić information content (AvgIpc) is 2.39. The van der Waals surface area contributed by atoms with Crippen molar-refractivity contribution in [3.05, 3.63) is 29.3 Å². The van der Waals surface area contributed by atoms with Crippen molar-refractivity contribution in [1.29, 1.82) is 0 Å². The molecule has 0 fully saturated rings. The fourth-order valence-corrected chi connectivity index (χ4v) is 3.07. The lowest BCUT2D eigenvalue weighted by Gasteiger charge is -2.27. The van der Waals surface area contributed by atoms with Gasteiger partial charge < -0.3 is 4.90 Å². The summed E-state index contributed by atoms with van der Waals surface area (Å²) in [6.45, 7) is 8.48. The van der Waals surface area contributed by atoms with Gasteiger partial charge >= 0.3 is 0 Å². The molecule has 0 atom stereocenters. The number of nitrogens with zero attached hydrogens (tertiary/aromatic N) is 2. The molecule has 118 valence electrons. The van der Waals surface area contributed by atoms with Crippen molar-refractivity contribution >= 4 is 21.6 Å². The molecule has 0 spiro atoms. The smallest absolute Gasteiger partial charge is 0.243 e. The van der Waals surface area contributed by atoms with E-state index >= 15 is 0 Å². The van der Waals surface area contributed by atoms with Crippen LogP contribution in [-0.2, 0) is 14.8 Å². The Kier molecular flexibility index (Phi) is 5.78. The SMILES string of the molecule is CCN(CC)C(=O)CN(c1cc(C)ccc1C)S(C)(=O)=O. The maximum atomic E-state index is 12.3.